The van der Waals surface area contributed by atoms with Gasteiger partial charge >= 0.3 is 0 Å². The molecular formula is C22H27Cl2N3O4S. The highest BCUT2D eigenvalue weighted by Crippen LogP contribution is 2.33. The number of likely N-dealkylation sites (N-methyl/N-ethyl adjacent to an activating group) is 1. The molecule has 1 N–H and O–H groups in total. The zero-order valence-corrected chi connectivity index (χ0v) is 20.8. The minimum absolute atomic E-state index is 0.0228. The van der Waals surface area contributed by atoms with Crippen molar-refractivity contribution in [1.29, 1.82) is 0 Å². The fourth-order valence-electron chi connectivity index (χ4n) is 3.16. The molecule has 174 valence electrons. The van der Waals surface area contributed by atoms with E-state index < -0.39 is 28.5 Å². The van der Waals surface area contributed by atoms with E-state index in [4.69, 9.17) is 23.2 Å². The summed E-state index contributed by atoms with van der Waals surface area (Å²) < 4.78 is 26.0. The van der Waals surface area contributed by atoms with Crippen molar-refractivity contribution >= 4 is 50.7 Å². The zero-order chi connectivity index (χ0) is 24.1. The molecule has 0 aliphatic carbocycles. The minimum atomic E-state index is -3.88. The number of aryl methyl sites for hydroxylation is 1. The predicted molar refractivity (Wildman–Crippen MR) is 129 cm³/mol. The molecule has 10 heteroatoms. The number of rotatable bonds is 9. The van der Waals surface area contributed by atoms with Crippen LogP contribution >= 0.6 is 23.2 Å². The zero-order valence-electron chi connectivity index (χ0n) is 18.4. The molecule has 2 amide bonds. The largest absolute Gasteiger partial charge is 0.355 e. The second-order valence-electron chi connectivity index (χ2n) is 7.36. The van der Waals surface area contributed by atoms with E-state index in [0.717, 1.165) is 21.7 Å². The van der Waals surface area contributed by atoms with E-state index >= 15 is 0 Å². The number of nitrogens with zero attached hydrogens (tertiary/aromatic N) is 2. The molecule has 0 radical (unpaired) electrons. The van der Waals surface area contributed by atoms with E-state index in [-0.39, 0.29) is 28.2 Å². The number of benzene rings is 2. The van der Waals surface area contributed by atoms with Gasteiger partial charge in [-0.2, -0.15) is 0 Å². The van der Waals surface area contributed by atoms with Crippen molar-refractivity contribution in [3.05, 3.63) is 63.6 Å². The van der Waals surface area contributed by atoms with Crippen molar-refractivity contribution in [2.75, 3.05) is 23.7 Å². The van der Waals surface area contributed by atoms with E-state index in [1.165, 1.54) is 17.0 Å². The number of hydrogen-bond acceptors (Lipinski definition) is 4. The van der Waals surface area contributed by atoms with E-state index in [9.17, 15) is 18.0 Å². The first kappa shape index (κ1) is 26.0. The fourth-order valence-corrected chi connectivity index (χ4v) is 4.46. The first-order valence-electron chi connectivity index (χ1n) is 10.0. The summed E-state index contributed by atoms with van der Waals surface area (Å²) in [6, 6.07) is 11.2. The van der Waals surface area contributed by atoms with Gasteiger partial charge in [-0.15, -0.1) is 0 Å². The van der Waals surface area contributed by atoms with Gasteiger partial charge in [0.2, 0.25) is 21.8 Å². The highest BCUT2D eigenvalue weighted by molar-refractivity contribution is 7.92. The van der Waals surface area contributed by atoms with Crippen LogP contribution < -0.4 is 9.62 Å². The second kappa shape index (κ2) is 11.0. The SMILES string of the molecule is CCNC(=O)C(C)N(Cc1ccccc1C)C(=O)CN(c1cccc(Cl)c1Cl)S(C)(=O)=O. The molecule has 0 heterocycles. The van der Waals surface area contributed by atoms with Gasteiger partial charge in [0.25, 0.3) is 0 Å². The molecule has 0 saturated heterocycles. The summed E-state index contributed by atoms with van der Waals surface area (Å²) in [4.78, 5) is 27.3. The molecule has 0 spiro atoms. The Balaban J connectivity index is 2.45. The molecule has 0 saturated carbocycles. The Morgan fingerprint density at radius 2 is 1.75 bits per heavy atom. The van der Waals surface area contributed by atoms with Crippen LogP contribution in [0.15, 0.2) is 42.5 Å². The van der Waals surface area contributed by atoms with Gasteiger partial charge in [0.05, 0.1) is 22.0 Å². The van der Waals surface area contributed by atoms with Crippen molar-refractivity contribution in [3.8, 4) is 0 Å². The van der Waals surface area contributed by atoms with Gasteiger partial charge in [-0.25, -0.2) is 8.42 Å². The monoisotopic (exact) mass is 499 g/mol. The molecular weight excluding hydrogens is 473 g/mol. The second-order valence-corrected chi connectivity index (χ2v) is 10.1. The third-order valence-corrected chi connectivity index (χ3v) is 6.93. The lowest BCUT2D eigenvalue weighted by Crippen LogP contribution is -2.51. The third kappa shape index (κ3) is 6.37. The molecule has 7 nitrogen and oxygen atoms in total. The molecule has 2 aromatic carbocycles. The average Bonchev–Trinajstić information content (AvgIpc) is 2.72. The van der Waals surface area contributed by atoms with Crippen LogP contribution in [0, 0.1) is 6.92 Å². The van der Waals surface area contributed by atoms with Crippen LogP contribution in [0.25, 0.3) is 0 Å². The van der Waals surface area contributed by atoms with Gasteiger partial charge in [0, 0.05) is 13.1 Å². The summed E-state index contributed by atoms with van der Waals surface area (Å²) in [6.45, 7) is 5.31. The quantitative estimate of drug-likeness (QED) is 0.570. The van der Waals surface area contributed by atoms with Crippen LogP contribution in [0.5, 0.6) is 0 Å². The van der Waals surface area contributed by atoms with E-state index in [1.807, 2.05) is 31.2 Å². The molecule has 0 aromatic heterocycles. The Labute approximate surface area is 199 Å². The lowest BCUT2D eigenvalue weighted by atomic mass is 10.1. The predicted octanol–water partition coefficient (Wildman–Crippen LogP) is 3.62. The van der Waals surface area contributed by atoms with Crippen LogP contribution in [0.4, 0.5) is 5.69 Å². The lowest BCUT2D eigenvalue weighted by Gasteiger charge is -2.32. The number of halogens is 2. The summed E-state index contributed by atoms with van der Waals surface area (Å²) in [6.07, 6.45) is 0.983. The lowest BCUT2D eigenvalue weighted by molar-refractivity contribution is -0.139. The van der Waals surface area contributed by atoms with Crippen LogP contribution in [-0.4, -0.2) is 50.5 Å². The fraction of sp³-hybridized carbons (Fsp3) is 0.364. The Kier molecular flexibility index (Phi) is 8.95. The summed E-state index contributed by atoms with van der Waals surface area (Å²) >= 11 is 12.3. The summed E-state index contributed by atoms with van der Waals surface area (Å²) in [5, 5.41) is 2.90. The molecule has 1 atom stereocenters. The first-order valence-corrected chi connectivity index (χ1v) is 12.6. The van der Waals surface area contributed by atoms with Gasteiger partial charge < -0.3 is 10.2 Å². The van der Waals surface area contributed by atoms with Crippen LogP contribution in [0.3, 0.4) is 0 Å². The molecule has 0 aliphatic rings. The van der Waals surface area contributed by atoms with Crippen molar-refractivity contribution in [3.63, 3.8) is 0 Å². The van der Waals surface area contributed by atoms with Crippen molar-refractivity contribution in [2.45, 2.75) is 33.4 Å². The molecule has 0 bridgehead atoms. The number of anilines is 1. The Hall–Kier alpha value is -2.29. The topological polar surface area (TPSA) is 86.8 Å². The van der Waals surface area contributed by atoms with Crippen LogP contribution in [-0.2, 0) is 26.2 Å². The van der Waals surface area contributed by atoms with Gasteiger partial charge in [0.15, 0.2) is 0 Å². The van der Waals surface area contributed by atoms with E-state index in [2.05, 4.69) is 5.32 Å². The Bertz CT molecular complexity index is 1090. The Morgan fingerprint density at radius 3 is 2.34 bits per heavy atom. The summed E-state index contributed by atoms with van der Waals surface area (Å²) in [5.74, 6) is -0.880. The molecule has 0 aliphatic heterocycles. The summed E-state index contributed by atoms with van der Waals surface area (Å²) in [7, 11) is -3.88. The highest BCUT2D eigenvalue weighted by Gasteiger charge is 2.31. The van der Waals surface area contributed by atoms with E-state index in [1.54, 1.807) is 19.9 Å². The van der Waals surface area contributed by atoms with Gasteiger partial charge in [-0.3, -0.25) is 13.9 Å². The number of carbonyl (C=O) groups is 2. The highest BCUT2D eigenvalue weighted by atomic mass is 35.5. The van der Waals surface area contributed by atoms with Crippen LogP contribution in [0.2, 0.25) is 10.0 Å². The normalized spacial score (nSPS) is 12.2. The van der Waals surface area contributed by atoms with Gasteiger partial charge in [-0.1, -0.05) is 53.5 Å². The van der Waals surface area contributed by atoms with Gasteiger partial charge in [-0.05, 0) is 44.0 Å². The standard InChI is InChI=1S/C22H27Cl2N3O4S/c1-5-25-22(29)16(3)26(13-17-10-7-6-9-15(17)2)20(28)14-27(32(4,30)31)19-12-8-11-18(23)21(19)24/h6-12,16H,5,13-14H2,1-4H3,(H,25,29). The van der Waals surface area contributed by atoms with Crippen molar-refractivity contribution < 1.29 is 18.0 Å². The molecule has 2 aromatic rings. The number of carbonyl (C=O) groups excluding carboxylic acids is 2. The maximum absolute atomic E-state index is 13.4. The molecule has 1 unspecified atom stereocenters. The molecule has 32 heavy (non-hydrogen) atoms. The first-order chi connectivity index (χ1) is 15.0. The number of sulfonamides is 1. The van der Waals surface area contributed by atoms with E-state index in [0.29, 0.717) is 6.54 Å². The third-order valence-electron chi connectivity index (χ3n) is 5.00. The maximum atomic E-state index is 13.4. The van der Waals surface area contributed by atoms with Gasteiger partial charge in [0.1, 0.15) is 12.6 Å². The maximum Gasteiger partial charge on any atom is 0.244 e. The van der Waals surface area contributed by atoms with Crippen molar-refractivity contribution in [1.82, 2.24) is 10.2 Å². The molecule has 2 rings (SSSR count). The van der Waals surface area contributed by atoms with Crippen molar-refractivity contribution in [2.24, 2.45) is 0 Å². The summed E-state index contributed by atoms with van der Waals surface area (Å²) in [5.41, 5.74) is 1.89. The number of amides is 2. The smallest absolute Gasteiger partial charge is 0.244 e. The molecule has 0 fully saturated rings. The average molecular weight is 500 g/mol. The van der Waals surface area contributed by atoms with Crippen LogP contribution in [0.1, 0.15) is 25.0 Å². The minimum Gasteiger partial charge on any atom is -0.355 e. The number of hydrogen-bond donors (Lipinski definition) is 1. The Morgan fingerprint density at radius 1 is 1.09 bits per heavy atom. The number of nitrogens with one attached hydrogen (secondary N) is 1.